The molecule has 2 nitrogen and oxygen atoms in total. The second-order valence-corrected chi connectivity index (χ2v) is 2.99. The first-order valence-electron chi connectivity index (χ1n) is 3.05. The molecule has 1 aromatic rings. The molecule has 0 amide bonds. The van der Waals surface area contributed by atoms with Crippen LogP contribution in [-0.2, 0) is 0 Å². The first kappa shape index (κ1) is 9.61. The Morgan fingerprint density at radius 3 is 3.00 bits per heavy atom. The van der Waals surface area contributed by atoms with Gasteiger partial charge in [-0.25, -0.2) is 9.37 Å². The van der Waals surface area contributed by atoms with Crippen LogP contribution < -0.4 is 0 Å². The average molecular weight is 252 g/mol. The van der Waals surface area contributed by atoms with Crippen molar-refractivity contribution in [3.8, 4) is 0 Å². The Kier molecular flexibility index (Phi) is 3.17. The molecular formula is C7H4BrClFNO. The number of pyridine rings is 1. The van der Waals surface area contributed by atoms with Gasteiger partial charge in [-0.05, 0) is 6.07 Å². The predicted octanol–water partition coefficient (Wildman–Crippen LogP) is 2.45. The molecule has 0 aromatic carbocycles. The number of alkyl halides is 1. The zero-order valence-electron chi connectivity index (χ0n) is 5.85. The number of hydrogen-bond acceptors (Lipinski definition) is 2. The number of rotatable bonds is 2. The fourth-order valence-corrected chi connectivity index (χ4v) is 1.16. The monoisotopic (exact) mass is 251 g/mol. The number of halogens is 3. The van der Waals surface area contributed by atoms with Gasteiger partial charge < -0.3 is 0 Å². The second-order valence-electron chi connectivity index (χ2n) is 2.04. The smallest absolute Gasteiger partial charge is 0.176 e. The van der Waals surface area contributed by atoms with Gasteiger partial charge >= 0.3 is 0 Å². The summed E-state index contributed by atoms with van der Waals surface area (Å²) in [6.45, 7) is 0. The van der Waals surface area contributed by atoms with Gasteiger partial charge in [0.2, 0.25) is 0 Å². The van der Waals surface area contributed by atoms with Gasteiger partial charge in [-0.1, -0.05) is 27.5 Å². The molecule has 0 spiro atoms. The van der Waals surface area contributed by atoms with Gasteiger partial charge in [0.15, 0.2) is 11.6 Å². The third-order valence-corrected chi connectivity index (χ3v) is 1.96. The van der Waals surface area contributed by atoms with E-state index in [9.17, 15) is 9.18 Å². The van der Waals surface area contributed by atoms with Crippen LogP contribution in [0.2, 0.25) is 5.15 Å². The Hall–Kier alpha value is -0.480. The van der Waals surface area contributed by atoms with E-state index in [0.29, 0.717) is 0 Å². The average Bonchev–Trinajstić information content (AvgIpc) is 2.08. The number of nitrogens with zero attached hydrogens (tertiary/aromatic N) is 1. The van der Waals surface area contributed by atoms with Crippen LogP contribution in [0.25, 0.3) is 0 Å². The van der Waals surface area contributed by atoms with Crippen LogP contribution in [0.15, 0.2) is 12.3 Å². The molecule has 0 saturated carbocycles. The fourth-order valence-electron chi connectivity index (χ4n) is 0.699. The minimum atomic E-state index is -0.649. The second kappa shape index (κ2) is 3.96. The van der Waals surface area contributed by atoms with Crippen molar-refractivity contribution < 1.29 is 9.18 Å². The Labute approximate surface area is 81.9 Å². The van der Waals surface area contributed by atoms with E-state index in [0.717, 1.165) is 6.20 Å². The number of carbonyl (C=O) groups is 1. The molecule has 1 heterocycles. The molecule has 5 heteroatoms. The molecule has 1 rings (SSSR count). The molecule has 0 radical (unpaired) electrons. The topological polar surface area (TPSA) is 30.0 Å². The van der Waals surface area contributed by atoms with Gasteiger partial charge in [-0.3, -0.25) is 4.79 Å². The number of Topliss-reactive ketones (excluding diaryl/α,β-unsaturated/α-hetero) is 1. The van der Waals surface area contributed by atoms with E-state index in [2.05, 4.69) is 20.9 Å². The summed E-state index contributed by atoms with van der Waals surface area (Å²) in [6.07, 6.45) is 0.929. The van der Waals surface area contributed by atoms with Crippen LogP contribution in [0.3, 0.4) is 0 Å². The van der Waals surface area contributed by atoms with Crippen molar-refractivity contribution >= 4 is 33.3 Å². The molecule has 64 valence electrons. The maximum Gasteiger partial charge on any atom is 0.176 e. The Balaban J connectivity index is 3.13. The van der Waals surface area contributed by atoms with Crippen LogP contribution >= 0.6 is 27.5 Å². The molecule has 0 saturated heterocycles. The van der Waals surface area contributed by atoms with Crippen molar-refractivity contribution in [1.29, 1.82) is 0 Å². The lowest BCUT2D eigenvalue weighted by Crippen LogP contribution is -2.03. The molecule has 0 unspecified atom stereocenters. The summed E-state index contributed by atoms with van der Waals surface area (Å²) in [5, 5.41) is 0.185. The van der Waals surface area contributed by atoms with E-state index in [1.54, 1.807) is 0 Å². The van der Waals surface area contributed by atoms with Crippen molar-refractivity contribution in [2.75, 3.05) is 5.33 Å². The Morgan fingerprint density at radius 2 is 2.42 bits per heavy atom. The maximum absolute atomic E-state index is 12.8. The fraction of sp³-hybridized carbons (Fsp3) is 0.143. The summed E-state index contributed by atoms with van der Waals surface area (Å²) >= 11 is 8.40. The highest BCUT2D eigenvalue weighted by Gasteiger charge is 2.10. The van der Waals surface area contributed by atoms with Crippen LogP contribution in [0.4, 0.5) is 4.39 Å². The van der Waals surface area contributed by atoms with Gasteiger partial charge in [0.1, 0.15) is 5.15 Å². The minimum Gasteiger partial charge on any atom is -0.293 e. The number of carbonyl (C=O) groups excluding carboxylic acids is 1. The molecule has 0 bridgehead atoms. The lowest BCUT2D eigenvalue weighted by atomic mass is 10.2. The number of aromatic nitrogens is 1. The molecule has 0 aliphatic heterocycles. The molecule has 0 aliphatic rings. The highest BCUT2D eigenvalue weighted by atomic mass is 79.9. The van der Waals surface area contributed by atoms with E-state index in [1.807, 2.05) is 0 Å². The summed E-state index contributed by atoms with van der Waals surface area (Å²) in [4.78, 5) is 14.5. The lowest BCUT2D eigenvalue weighted by Gasteiger charge is -1.98. The third kappa shape index (κ3) is 2.01. The minimum absolute atomic E-state index is 0.0353. The van der Waals surface area contributed by atoms with E-state index >= 15 is 0 Å². The van der Waals surface area contributed by atoms with E-state index in [1.165, 1.54) is 6.07 Å². The van der Waals surface area contributed by atoms with Gasteiger partial charge in [-0.2, -0.15) is 0 Å². The quantitative estimate of drug-likeness (QED) is 0.460. The van der Waals surface area contributed by atoms with Gasteiger partial charge in [0.05, 0.1) is 17.1 Å². The van der Waals surface area contributed by atoms with Crippen LogP contribution in [0.5, 0.6) is 0 Å². The van der Waals surface area contributed by atoms with Crippen molar-refractivity contribution in [2.45, 2.75) is 0 Å². The SMILES string of the molecule is O=C(CBr)c1cc(Cl)ncc1F. The summed E-state index contributed by atoms with van der Waals surface area (Å²) in [6, 6.07) is 1.21. The highest BCUT2D eigenvalue weighted by Crippen LogP contribution is 2.12. The molecular weight excluding hydrogens is 248 g/mol. The molecule has 1 aromatic heterocycles. The largest absolute Gasteiger partial charge is 0.293 e. The summed E-state index contributed by atoms with van der Waals surface area (Å²) in [5.74, 6) is -0.999. The summed E-state index contributed by atoms with van der Waals surface area (Å²) in [5.41, 5.74) is -0.0353. The number of hydrogen-bond donors (Lipinski definition) is 0. The van der Waals surface area contributed by atoms with E-state index in [-0.39, 0.29) is 21.8 Å². The maximum atomic E-state index is 12.8. The van der Waals surface area contributed by atoms with Crippen LogP contribution in [0.1, 0.15) is 10.4 Å². The predicted molar refractivity (Wildman–Crippen MR) is 47.3 cm³/mol. The molecule has 0 aliphatic carbocycles. The van der Waals surface area contributed by atoms with Gasteiger partial charge in [0.25, 0.3) is 0 Å². The number of ketones is 1. The highest BCUT2D eigenvalue weighted by molar-refractivity contribution is 9.09. The van der Waals surface area contributed by atoms with Gasteiger partial charge in [0, 0.05) is 0 Å². The standard InChI is InChI=1S/C7H4BrClFNO/c8-2-6(12)4-1-7(9)11-3-5(4)10/h1,3H,2H2. The van der Waals surface area contributed by atoms with Crippen molar-refractivity contribution in [3.05, 3.63) is 28.8 Å². The van der Waals surface area contributed by atoms with Crippen molar-refractivity contribution in [2.24, 2.45) is 0 Å². The third-order valence-electron chi connectivity index (χ3n) is 1.24. The first-order chi connectivity index (χ1) is 5.65. The molecule has 0 fully saturated rings. The summed E-state index contributed by atoms with van der Waals surface area (Å²) < 4.78 is 12.8. The van der Waals surface area contributed by atoms with Crippen LogP contribution in [0, 0.1) is 5.82 Å². The van der Waals surface area contributed by atoms with E-state index < -0.39 is 5.82 Å². The van der Waals surface area contributed by atoms with Crippen LogP contribution in [-0.4, -0.2) is 16.1 Å². The lowest BCUT2D eigenvalue weighted by molar-refractivity contribution is 0.102. The zero-order valence-corrected chi connectivity index (χ0v) is 8.19. The normalized spacial score (nSPS) is 9.92. The zero-order chi connectivity index (χ0) is 9.14. The first-order valence-corrected chi connectivity index (χ1v) is 4.55. The Morgan fingerprint density at radius 1 is 1.75 bits per heavy atom. The van der Waals surface area contributed by atoms with Crippen molar-refractivity contribution in [3.63, 3.8) is 0 Å². The molecule has 0 atom stereocenters. The summed E-state index contributed by atoms with van der Waals surface area (Å²) in [7, 11) is 0. The van der Waals surface area contributed by atoms with Crippen molar-refractivity contribution in [1.82, 2.24) is 4.98 Å². The molecule has 0 N–H and O–H groups in total. The van der Waals surface area contributed by atoms with Gasteiger partial charge in [-0.15, -0.1) is 0 Å². The Bertz CT molecular complexity index is 318. The molecule has 12 heavy (non-hydrogen) atoms. The van der Waals surface area contributed by atoms with E-state index in [4.69, 9.17) is 11.6 Å².